The first kappa shape index (κ1) is 19.0. The second kappa shape index (κ2) is 7.27. The molecule has 148 valence electrons. The first-order chi connectivity index (χ1) is 13.3. The predicted molar refractivity (Wildman–Crippen MR) is 102 cm³/mol. The Morgan fingerprint density at radius 1 is 1.25 bits per heavy atom. The van der Waals surface area contributed by atoms with Crippen LogP contribution < -0.4 is 14.2 Å². The van der Waals surface area contributed by atoms with Crippen LogP contribution in [0.25, 0.3) is 0 Å². The quantitative estimate of drug-likeness (QED) is 0.740. The number of para-hydroxylation sites is 1. The van der Waals surface area contributed by atoms with Crippen molar-refractivity contribution in [2.75, 3.05) is 6.61 Å². The summed E-state index contributed by atoms with van der Waals surface area (Å²) in [5.74, 6) is -0.406. The molecule has 28 heavy (non-hydrogen) atoms. The average Bonchev–Trinajstić information content (AvgIpc) is 3.20. The monoisotopic (exact) mass is 423 g/mol. The average molecular weight is 424 g/mol. The van der Waals surface area contributed by atoms with E-state index in [0.29, 0.717) is 29.4 Å². The van der Waals surface area contributed by atoms with Crippen LogP contribution in [0.1, 0.15) is 24.3 Å². The van der Waals surface area contributed by atoms with Gasteiger partial charge in [-0.25, -0.2) is 17.9 Å². The highest BCUT2D eigenvalue weighted by molar-refractivity contribution is 7.89. The Morgan fingerprint density at radius 3 is 2.79 bits per heavy atom. The van der Waals surface area contributed by atoms with Crippen LogP contribution in [-0.2, 0) is 14.8 Å². The summed E-state index contributed by atoms with van der Waals surface area (Å²) in [5.41, 5.74) is 0.823. The van der Waals surface area contributed by atoms with Gasteiger partial charge in [-0.1, -0.05) is 29.8 Å². The molecular weight excluding hydrogens is 406 g/mol. The van der Waals surface area contributed by atoms with Gasteiger partial charge in [0.25, 0.3) is 0 Å². The van der Waals surface area contributed by atoms with Crippen molar-refractivity contribution in [2.45, 2.75) is 35.8 Å². The van der Waals surface area contributed by atoms with Gasteiger partial charge in [0.1, 0.15) is 6.10 Å². The number of carboxylic acids is 1. The highest BCUT2D eigenvalue weighted by Crippen LogP contribution is 2.51. The molecule has 0 aromatic heterocycles. The van der Waals surface area contributed by atoms with Crippen LogP contribution in [0.4, 0.5) is 0 Å². The molecule has 1 heterocycles. The second-order valence-corrected chi connectivity index (χ2v) is 8.95. The molecule has 1 fully saturated rings. The molecule has 0 bridgehead atoms. The summed E-state index contributed by atoms with van der Waals surface area (Å²) in [7, 11) is -3.74. The molecule has 9 heteroatoms. The Morgan fingerprint density at radius 2 is 2.04 bits per heavy atom. The third-order valence-corrected chi connectivity index (χ3v) is 6.72. The molecule has 3 unspecified atom stereocenters. The van der Waals surface area contributed by atoms with E-state index in [0.717, 1.165) is 5.56 Å². The zero-order valence-electron chi connectivity index (χ0n) is 14.7. The van der Waals surface area contributed by atoms with Gasteiger partial charge in [0.15, 0.2) is 18.1 Å². The number of hydrogen-bond acceptors (Lipinski definition) is 5. The van der Waals surface area contributed by atoms with Gasteiger partial charge in [-0.2, -0.15) is 0 Å². The Labute approximate surface area is 167 Å². The van der Waals surface area contributed by atoms with Crippen molar-refractivity contribution < 1.29 is 27.8 Å². The molecule has 1 aliphatic carbocycles. The van der Waals surface area contributed by atoms with Crippen molar-refractivity contribution in [3.8, 4) is 11.5 Å². The largest absolute Gasteiger partial charge is 0.486 e. The van der Waals surface area contributed by atoms with E-state index in [1.807, 2.05) is 6.07 Å². The van der Waals surface area contributed by atoms with Crippen LogP contribution in [0.5, 0.6) is 11.5 Å². The first-order valence-electron chi connectivity index (χ1n) is 8.77. The summed E-state index contributed by atoms with van der Waals surface area (Å²) < 4.78 is 39.7. The molecule has 2 aromatic carbocycles. The number of hydrogen-bond donors (Lipinski definition) is 2. The number of halogens is 1. The molecule has 2 N–H and O–H groups in total. The van der Waals surface area contributed by atoms with Crippen LogP contribution in [0.3, 0.4) is 0 Å². The molecule has 0 amide bonds. The van der Waals surface area contributed by atoms with Gasteiger partial charge in [-0.05, 0) is 37.1 Å². The van der Waals surface area contributed by atoms with E-state index in [4.69, 9.17) is 26.2 Å². The van der Waals surface area contributed by atoms with Crippen molar-refractivity contribution in [3.63, 3.8) is 0 Å². The molecule has 1 aliphatic heterocycles. The van der Waals surface area contributed by atoms with Crippen LogP contribution in [-0.4, -0.2) is 38.2 Å². The summed E-state index contributed by atoms with van der Waals surface area (Å²) in [5, 5.41) is 9.18. The predicted octanol–water partition coefficient (Wildman–Crippen LogP) is 2.79. The van der Waals surface area contributed by atoms with Crippen molar-refractivity contribution in [1.82, 2.24) is 4.72 Å². The Balaban J connectivity index is 1.59. The highest BCUT2D eigenvalue weighted by atomic mass is 35.5. The van der Waals surface area contributed by atoms with Crippen LogP contribution >= 0.6 is 11.6 Å². The smallest absolute Gasteiger partial charge is 0.341 e. The van der Waals surface area contributed by atoms with Gasteiger partial charge in [-0.15, -0.1) is 0 Å². The van der Waals surface area contributed by atoms with Gasteiger partial charge in [0, 0.05) is 22.5 Å². The fraction of sp³-hybridized carbons (Fsp3) is 0.316. The van der Waals surface area contributed by atoms with Crippen LogP contribution in [0.2, 0.25) is 5.02 Å². The second-order valence-electron chi connectivity index (χ2n) is 6.80. The summed E-state index contributed by atoms with van der Waals surface area (Å²) in [6, 6.07) is 11.0. The number of ether oxygens (including phenoxy) is 2. The number of rotatable bonds is 6. The Bertz CT molecular complexity index is 1020. The lowest BCUT2D eigenvalue weighted by molar-refractivity contribution is -0.139. The SMILES string of the molecule is O=C(O)COc1cccc2c1OC1CCC(NS(=O)(=O)c3cccc(Cl)c3)C21. The molecule has 1 saturated carbocycles. The maximum Gasteiger partial charge on any atom is 0.341 e. The molecule has 0 spiro atoms. The number of aliphatic carboxylic acids is 1. The Hall–Kier alpha value is -2.29. The lowest BCUT2D eigenvalue weighted by Gasteiger charge is -2.19. The van der Waals surface area contributed by atoms with E-state index in [1.54, 1.807) is 24.3 Å². The fourth-order valence-electron chi connectivity index (χ4n) is 3.87. The minimum atomic E-state index is -3.74. The van der Waals surface area contributed by atoms with Gasteiger partial charge >= 0.3 is 5.97 Å². The lowest BCUT2D eigenvalue weighted by Crippen LogP contribution is -2.37. The van der Waals surface area contributed by atoms with Crippen molar-refractivity contribution in [2.24, 2.45) is 0 Å². The van der Waals surface area contributed by atoms with E-state index in [9.17, 15) is 13.2 Å². The minimum Gasteiger partial charge on any atom is -0.486 e. The van der Waals surface area contributed by atoms with E-state index in [-0.39, 0.29) is 23.0 Å². The number of sulfonamides is 1. The van der Waals surface area contributed by atoms with E-state index < -0.39 is 22.6 Å². The van der Waals surface area contributed by atoms with Crippen molar-refractivity contribution >= 4 is 27.6 Å². The number of benzene rings is 2. The van der Waals surface area contributed by atoms with Gasteiger partial charge in [-0.3, -0.25) is 0 Å². The maximum atomic E-state index is 12.8. The minimum absolute atomic E-state index is 0.112. The molecule has 7 nitrogen and oxygen atoms in total. The van der Waals surface area contributed by atoms with E-state index in [2.05, 4.69) is 4.72 Å². The third-order valence-electron chi connectivity index (χ3n) is 5.00. The van der Waals surface area contributed by atoms with Crippen molar-refractivity contribution in [1.29, 1.82) is 0 Å². The van der Waals surface area contributed by atoms with Gasteiger partial charge in [0.05, 0.1) is 4.90 Å². The maximum absolute atomic E-state index is 12.8. The van der Waals surface area contributed by atoms with Crippen LogP contribution in [0, 0.1) is 0 Å². The molecule has 0 radical (unpaired) electrons. The summed E-state index contributed by atoms with van der Waals surface area (Å²) in [4.78, 5) is 10.9. The highest BCUT2D eigenvalue weighted by Gasteiger charge is 2.47. The summed E-state index contributed by atoms with van der Waals surface area (Å²) in [6.07, 6.45) is 1.13. The zero-order chi connectivity index (χ0) is 19.9. The summed E-state index contributed by atoms with van der Waals surface area (Å²) >= 11 is 5.93. The van der Waals surface area contributed by atoms with Gasteiger partial charge in [0.2, 0.25) is 10.0 Å². The van der Waals surface area contributed by atoms with Crippen LogP contribution in [0.15, 0.2) is 47.4 Å². The molecule has 2 aromatic rings. The van der Waals surface area contributed by atoms with E-state index in [1.165, 1.54) is 12.1 Å². The number of carbonyl (C=O) groups is 1. The molecular formula is C19H18ClNO6S. The zero-order valence-corrected chi connectivity index (χ0v) is 16.2. The molecule has 3 atom stereocenters. The fourth-order valence-corrected chi connectivity index (χ4v) is 5.46. The van der Waals surface area contributed by atoms with E-state index >= 15 is 0 Å². The van der Waals surface area contributed by atoms with Gasteiger partial charge < -0.3 is 14.6 Å². The standard InChI is InChI=1S/C19H18ClNO6S/c20-11-3-1-4-12(9-11)28(24,25)21-14-7-8-15-18(14)13-5-2-6-16(19(13)27-15)26-10-17(22)23/h1-6,9,14-15,18,21H,7-8,10H2,(H,22,23). The lowest BCUT2D eigenvalue weighted by atomic mass is 9.94. The Kier molecular flexibility index (Phi) is 4.95. The summed E-state index contributed by atoms with van der Waals surface area (Å²) in [6.45, 7) is -0.472. The third kappa shape index (κ3) is 3.55. The topological polar surface area (TPSA) is 102 Å². The molecule has 4 rings (SSSR count). The number of nitrogens with one attached hydrogen (secondary N) is 1. The number of fused-ring (bicyclic) bond motifs is 3. The molecule has 2 aliphatic rings. The van der Waals surface area contributed by atoms with Crippen molar-refractivity contribution in [3.05, 3.63) is 53.1 Å². The molecule has 0 saturated heterocycles. The normalized spacial score (nSPS) is 23.0. The number of carboxylic acid groups (broad SMARTS) is 1. The first-order valence-corrected chi connectivity index (χ1v) is 10.6.